The standard InChI is InChI=1S/C19H36O/c1-3-5-6-7-16-8-10-17(11-9-16)18-12-14-19(15-13-18)20-4-2/h16-19H,3-15H2,1-2H3/t16?,17?,18-,19-. The molecule has 0 bridgehead atoms. The molecule has 1 nitrogen and oxygen atoms in total. The Labute approximate surface area is 126 Å². The van der Waals surface area contributed by atoms with E-state index in [1.165, 1.54) is 77.0 Å². The average molecular weight is 280 g/mol. The first-order chi connectivity index (χ1) is 9.83. The van der Waals surface area contributed by atoms with Crippen molar-refractivity contribution in [3.8, 4) is 0 Å². The van der Waals surface area contributed by atoms with Gasteiger partial charge in [0.05, 0.1) is 6.10 Å². The predicted molar refractivity (Wildman–Crippen MR) is 87.0 cm³/mol. The molecule has 1 heteroatoms. The van der Waals surface area contributed by atoms with Gasteiger partial charge in [-0.2, -0.15) is 0 Å². The van der Waals surface area contributed by atoms with Crippen LogP contribution < -0.4 is 0 Å². The fourth-order valence-electron chi connectivity index (χ4n) is 4.59. The number of rotatable bonds is 7. The maximum Gasteiger partial charge on any atom is 0.0575 e. The summed E-state index contributed by atoms with van der Waals surface area (Å²) in [5, 5.41) is 0. The summed E-state index contributed by atoms with van der Waals surface area (Å²) in [5.41, 5.74) is 0. The molecule has 2 fully saturated rings. The van der Waals surface area contributed by atoms with E-state index in [9.17, 15) is 0 Å². The van der Waals surface area contributed by atoms with Crippen molar-refractivity contribution < 1.29 is 4.74 Å². The molecule has 2 aliphatic carbocycles. The molecule has 0 heterocycles. The van der Waals surface area contributed by atoms with Gasteiger partial charge in [-0.25, -0.2) is 0 Å². The van der Waals surface area contributed by atoms with Crippen molar-refractivity contribution in [1.82, 2.24) is 0 Å². The Kier molecular flexibility index (Phi) is 7.41. The van der Waals surface area contributed by atoms with Crippen LogP contribution in [0.5, 0.6) is 0 Å². The molecule has 0 saturated heterocycles. The second-order valence-corrected chi connectivity index (χ2v) is 7.27. The molecule has 0 aromatic rings. The summed E-state index contributed by atoms with van der Waals surface area (Å²) in [6, 6.07) is 0. The molecule has 20 heavy (non-hydrogen) atoms. The zero-order chi connectivity index (χ0) is 14.2. The van der Waals surface area contributed by atoms with E-state index in [0.717, 1.165) is 24.4 Å². The Balaban J connectivity index is 1.62. The van der Waals surface area contributed by atoms with Crippen molar-refractivity contribution in [3.05, 3.63) is 0 Å². The van der Waals surface area contributed by atoms with E-state index in [0.29, 0.717) is 6.10 Å². The normalized spacial score (nSPS) is 35.1. The fraction of sp³-hybridized carbons (Fsp3) is 1.00. The monoisotopic (exact) mass is 280 g/mol. The van der Waals surface area contributed by atoms with Crippen LogP contribution in [0.4, 0.5) is 0 Å². The van der Waals surface area contributed by atoms with Gasteiger partial charge < -0.3 is 4.74 Å². The lowest BCUT2D eigenvalue weighted by molar-refractivity contribution is 0.0134. The third kappa shape index (κ3) is 5.06. The smallest absolute Gasteiger partial charge is 0.0575 e. The number of unbranched alkanes of at least 4 members (excludes halogenated alkanes) is 2. The van der Waals surface area contributed by atoms with Gasteiger partial charge in [0.2, 0.25) is 0 Å². The Morgan fingerprint density at radius 3 is 1.90 bits per heavy atom. The highest BCUT2D eigenvalue weighted by Gasteiger charge is 2.30. The average Bonchev–Trinajstić information content (AvgIpc) is 2.49. The van der Waals surface area contributed by atoms with Gasteiger partial charge >= 0.3 is 0 Å². The van der Waals surface area contributed by atoms with Gasteiger partial charge in [-0.1, -0.05) is 45.4 Å². The van der Waals surface area contributed by atoms with Gasteiger partial charge in [-0.3, -0.25) is 0 Å². The van der Waals surface area contributed by atoms with Gasteiger partial charge in [-0.05, 0) is 63.2 Å². The molecule has 0 spiro atoms. The van der Waals surface area contributed by atoms with E-state index < -0.39 is 0 Å². The van der Waals surface area contributed by atoms with E-state index in [4.69, 9.17) is 4.74 Å². The minimum Gasteiger partial charge on any atom is -0.379 e. The first-order valence-corrected chi connectivity index (χ1v) is 9.45. The lowest BCUT2D eigenvalue weighted by Gasteiger charge is -2.37. The van der Waals surface area contributed by atoms with E-state index in [2.05, 4.69) is 13.8 Å². The summed E-state index contributed by atoms with van der Waals surface area (Å²) >= 11 is 0. The second-order valence-electron chi connectivity index (χ2n) is 7.27. The van der Waals surface area contributed by atoms with E-state index in [1.54, 1.807) is 0 Å². The molecule has 2 aliphatic rings. The van der Waals surface area contributed by atoms with Crippen molar-refractivity contribution in [2.75, 3.05) is 6.61 Å². The Bertz CT molecular complexity index is 234. The largest absolute Gasteiger partial charge is 0.379 e. The molecule has 0 N–H and O–H groups in total. The second kappa shape index (κ2) is 9.07. The van der Waals surface area contributed by atoms with Crippen LogP contribution in [0.1, 0.15) is 90.9 Å². The molecular formula is C19H36O. The molecule has 0 atom stereocenters. The van der Waals surface area contributed by atoms with Crippen molar-refractivity contribution in [3.63, 3.8) is 0 Å². The minimum absolute atomic E-state index is 0.585. The molecule has 0 radical (unpaired) electrons. The van der Waals surface area contributed by atoms with Gasteiger partial charge in [0.1, 0.15) is 0 Å². The molecule has 0 aromatic heterocycles. The topological polar surface area (TPSA) is 9.23 Å². The number of ether oxygens (including phenoxy) is 1. The summed E-state index contributed by atoms with van der Waals surface area (Å²) in [6.45, 7) is 5.35. The van der Waals surface area contributed by atoms with Crippen molar-refractivity contribution in [2.24, 2.45) is 17.8 Å². The zero-order valence-corrected chi connectivity index (χ0v) is 13.9. The van der Waals surface area contributed by atoms with Crippen LogP contribution in [0.3, 0.4) is 0 Å². The fourth-order valence-corrected chi connectivity index (χ4v) is 4.59. The summed E-state index contributed by atoms with van der Waals surface area (Å²) in [7, 11) is 0. The van der Waals surface area contributed by atoms with E-state index >= 15 is 0 Å². The van der Waals surface area contributed by atoms with E-state index in [-0.39, 0.29) is 0 Å². The highest BCUT2D eigenvalue weighted by molar-refractivity contribution is 4.82. The SMILES string of the molecule is CCCCCC1CCC([C@H]2CC[C@H](OCC)CC2)CC1. The van der Waals surface area contributed by atoms with Crippen molar-refractivity contribution in [1.29, 1.82) is 0 Å². The highest BCUT2D eigenvalue weighted by atomic mass is 16.5. The molecule has 2 saturated carbocycles. The van der Waals surface area contributed by atoms with Crippen LogP contribution in [0.15, 0.2) is 0 Å². The maximum atomic E-state index is 5.79. The van der Waals surface area contributed by atoms with Crippen LogP contribution in [0.25, 0.3) is 0 Å². The molecule has 0 aliphatic heterocycles. The summed E-state index contributed by atoms with van der Waals surface area (Å²) < 4.78 is 5.79. The predicted octanol–water partition coefficient (Wildman–Crippen LogP) is 5.97. The van der Waals surface area contributed by atoms with Crippen LogP contribution in [0.2, 0.25) is 0 Å². The first kappa shape index (κ1) is 16.3. The van der Waals surface area contributed by atoms with Gasteiger partial charge in [-0.15, -0.1) is 0 Å². The molecule has 118 valence electrons. The Hall–Kier alpha value is -0.0400. The van der Waals surface area contributed by atoms with Crippen molar-refractivity contribution >= 4 is 0 Å². The Morgan fingerprint density at radius 1 is 0.750 bits per heavy atom. The third-order valence-corrected chi connectivity index (χ3v) is 5.90. The molecular weight excluding hydrogens is 244 g/mol. The van der Waals surface area contributed by atoms with Gasteiger partial charge in [0.15, 0.2) is 0 Å². The van der Waals surface area contributed by atoms with Crippen LogP contribution in [-0.2, 0) is 4.74 Å². The summed E-state index contributed by atoms with van der Waals surface area (Å²) in [4.78, 5) is 0. The van der Waals surface area contributed by atoms with Crippen LogP contribution >= 0.6 is 0 Å². The van der Waals surface area contributed by atoms with Crippen molar-refractivity contribution in [2.45, 2.75) is 97.0 Å². The first-order valence-electron chi connectivity index (χ1n) is 9.45. The Morgan fingerprint density at radius 2 is 1.35 bits per heavy atom. The van der Waals surface area contributed by atoms with E-state index in [1.807, 2.05) is 0 Å². The van der Waals surface area contributed by atoms with Crippen LogP contribution in [-0.4, -0.2) is 12.7 Å². The molecule has 0 aromatic carbocycles. The minimum atomic E-state index is 0.585. The summed E-state index contributed by atoms with van der Waals surface area (Å²) in [5.74, 6) is 3.15. The maximum absolute atomic E-state index is 5.79. The quantitative estimate of drug-likeness (QED) is 0.522. The third-order valence-electron chi connectivity index (χ3n) is 5.90. The van der Waals surface area contributed by atoms with Gasteiger partial charge in [0, 0.05) is 6.61 Å². The van der Waals surface area contributed by atoms with Gasteiger partial charge in [0.25, 0.3) is 0 Å². The highest BCUT2D eigenvalue weighted by Crippen LogP contribution is 2.41. The number of hydrogen-bond donors (Lipinski definition) is 0. The lowest BCUT2D eigenvalue weighted by Crippen LogP contribution is -2.28. The molecule has 0 amide bonds. The molecule has 2 rings (SSSR count). The number of hydrogen-bond acceptors (Lipinski definition) is 1. The lowest BCUT2D eigenvalue weighted by atomic mass is 9.70. The molecule has 0 unspecified atom stereocenters. The summed E-state index contributed by atoms with van der Waals surface area (Å²) in [6.07, 6.45) is 18.0. The zero-order valence-electron chi connectivity index (χ0n) is 13.9. The van der Waals surface area contributed by atoms with Crippen LogP contribution in [0, 0.1) is 17.8 Å².